The number of carbonyl (C=O) groups excluding carboxylic acids is 1. The van der Waals surface area contributed by atoms with Crippen molar-refractivity contribution in [3.63, 3.8) is 0 Å². The third-order valence-corrected chi connectivity index (χ3v) is 4.09. The first-order chi connectivity index (χ1) is 9.70. The number of halogens is 1. The Kier molecular flexibility index (Phi) is 3.49. The zero-order valence-corrected chi connectivity index (χ0v) is 11.7. The van der Waals surface area contributed by atoms with Crippen LogP contribution in [0.1, 0.15) is 41.7 Å². The van der Waals surface area contributed by atoms with Crippen LogP contribution in [0.5, 0.6) is 0 Å². The first kappa shape index (κ1) is 13.2. The highest BCUT2D eigenvalue weighted by atomic mass is 35.5. The van der Waals surface area contributed by atoms with Crippen LogP contribution in [0, 0.1) is 0 Å². The highest BCUT2D eigenvalue weighted by Crippen LogP contribution is 2.39. The van der Waals surface area contributed by atoms with Crippen LogP contribution < -0.4 is 5.32 Å². The fourth-order valence-electron chi connectivity index (χ4n) is 2.86. The molecule has 0 unspecified atom stereocenters. The van der Waals surface area contributed by atoms with Gasteiger partial charge in [0.05, 0.1) is 5.54 Å². The lowest BCUT2D eigenvalue weighted by atomic mass is 9.88. The zero-order chi connectivity index (χ0) is 14.0. The minimum atomic E-state index is -0.346. The second-order valence-electron chi connectivity index (χ2n) is 5.14. The van der Waals surface area contributed by atoms with Crippen molar-refractivity contribution in [2.24, 2.45) is 0 Å². The molecular weight excluding hydrogens is 276 g/mol. The monoisotopic (exact) mass is 290 g/mol. The number of rotatable bonds is 3. The van der Waals surface area contributed by atoms with E-state index in [2.05, 4.69) is 10.5 Å². The molecule has 1 saturated carbocycles. The number of nitrogens with zero attached hydrogens (tertiary/aromatic N) is 1. The molecule has 1 N–H and O–H groups in total. The largest absolute Gasteiger partial charge is 0.364 e. The van der Waals surface area contributed by atoms with E-state index in [1.165, 1.54) is 6.26 Å². The first-order valence-corrected chi connectivity index (χ1v) is 7.06. The number of carbonyl (C=O) groups is 1. The molecule has 1 amide bonds. The lowest BCUT2D eigenvalue weighted by Gasteiger charge is -2.30. The molecule has 0 atom stereocenters. The highest BCUT2D eigenvalue weighted by Gasteiger charge is 2.37. The predicted molar refractivity (Wildman–Crippen MR) is 75.6 cm³/mol. The van der Waals surface area contributed by atoms with Gasteiger partial charge in [-0.1, -0.05) is 41.7 Å². The fourth-order valence-corrected chi connectivity index (χ4v) is 3.05. The normalized spacial score (nSPS) is 17.1. The van der Waals surface area contributed by atoms with Crippen molar-refractivity contribution in [1.82, 2.24) is 10.5 Å². The van der Waals surface area contributed by atoms with Gasteiger partial charge in [0.1, 0.15) is 6.26 Å². The second kappa shape index (κ2) is 5.29. The van der Waals surface area contributed by atoms with Crippen LogP contribution in [0.25, 0.3) is 0 Å². The number of hydrogen-bond donors (Lipinski definition) is 1. The van der Waals surface area contributed by atoms with Crippen molar-refractivity contribution in [1.29, 1.82) is 0 Å². The molecule has 4 nitrogen and oxygen atoms in total. The SMILES string of the molecule is O=C(NC1(c2cccc(Cl)c2)CCCC1)c1ccon1. The van der Waals surface area contributed by atoms with Crippen molar-refractivity contribution < 1.29 is 9.32 Å². The summed E-state index contributed by atoms with van der Waals surface area (Å²) in [7, 11) is 0. The van der Waals surface area contributed by atoms with Gasteiger partial charge in [-0.3, -0.25) is 4.79 Å². The maximum atomic E-state index is 12.3. The van der Waals surface area contributed by atoms with Crippen molar-refractivity contribution >= 4 is 17.5 Å². The van der Waals surface area contributed by atoms with E-state index in [-0.39, 0.29) is 11.4 Å². The molecule has 0 aliphatic heterocycles. The van der Waals surface area contributed by atoms with Crippen LogP contribution in [-0.2, 0) is 5.54 Å². The van der Waals surface area contributed by atoms with Crippen LogP contribution in [-0.4, -0.2) is 11.1 Å². The summed E-state index contributed by atoms with van der Waals surface area (Å²) in [6.45, 7) is 0. The summed E-state index contributed by atoms with van der Waals surface area (Å²) in [5, 5.41) is 7.49. The maximum Gasteiger partial charge on any atom is 0.274 e. The first-order valence-electron chi connectivity index (χ1n) is 6.69. The Labute approximate surface area is 122 Å². The molecule has 1 aliphatic rings. The van der Waals surface area contributed by atoms with Gasteiger partial charge in [0, 0.05) is 11.1 Å². The maximum absolute atomic E-state index is 12.3. The number of amides is 1. The van der Waals surface area contributed by atoms with Crippen LogP contribution in [0.4, 0.5) is 0 Å². The van der Waals surface area contributed by atoms with Crippen molar-refractivity contribution in [3.05, 3.63) is 52.9 Å². The van der Waals surface area contributed by atoms with E-state index < -0.39 is 0 Å². The van der Waals surface area contributed by atoms with E-state index in [0.717, 1.165) is 31.2 Å². The quantitative estimate of drug-likeness (QED) is 0.941. The molecule has 1 aromatic carbocycles. The summed E-state index contributed by atoms with van der Waals surface area (Å²) < 4.78 is 4.73. The Bertz CT molecular complexity index is 604. The van der Waals surface area contributed by atoms with Gasteiger partial charge in [0.2, 0.25) is 0 Å². The van der Waals surface area contributed by atoms with E-state index >= 15 is 0 Å². The molecule has 104 valence electrons. The third kappa shape index (κ3) is 2.43. The van der Waals surface area contributed by atoms with Gasteiger partial charge >= 0.3 is 0 Å². The molecule has 20 heavy (non-hydrogen) atoms. The van der Waals surface area contributed by atoms with Crippen molar-refractivity contribution in [2.75, 3.05) is 0 Å². The summed E-state index contributed by atoms with van der Waals surface area (Å²) >= 11 is 6.08. The standard InChI is InChI=1S/C15H15ClN2O2/c16-12-5-3-4-11(10-12)15(7-1-2-8-15)17-14(19)13-6-9-20-18-13/h3-6,9-10H,1-2,7-8H2,(H,17,19). The Morgan fingerprint density at radius 2 is 2.10 bits per heavy atom. The Hall–Kier alpha value is -1.81. The third-order valence-electron chi connectivity index (χ3n) is 3.86. The van der Waals surface area contributed by atoms with Crippen LogP contribution in [0.3, 0.4) is 0 Å². The summed E-state index contributed by atoms with van der Waals surface area (Å²) in [6.07, 6.45) is 5.40. The highest BCUT2D eigenvalue weighted by molar-refractivity contribution is 6.30. The van der Waals surface area contributed by atoms with Gasteiger partial charge < -0.3 is 9.84 Å². The molecule has 0 spiro atoms. The number of nitrogens with one attached hydrogen (secondary N) is 1. The molecule has 0 bridgehead atoms. The van der Waals surface area contributed by atoms with Gasteiger partial charge in [-0.05, 0) is 30.5 Å². The number of benzene rings is 1. The molecule has 3 rings (SSSR count). The average Bonchev–Trinajstić information content (AvgIpc) is 3.10. The van der Waals surface area contributed by atoms with Crippen LogP contribution >= 0.6 is 11.6 Å². The topological polar surface area (TPSA) is 55.1 Å². The van der Waals surface area contributed by atoms with Gasteiger partial charge in [-0.2, -0.15) is 0 Å². The molecule has 5 heteroatoms. The molecule has 1 fully saturated rings. The van der Waals surface area contributed by atoms with E-state index in [0.29, 0.717) is 10.7 Å². The second-order valence-corrected chi connectivity index (χ2v) is 5.57. The van der Waals surface area contributed by atoms with E-state index in [1.54, 1.807) is 6.07 Å². The van der Waals surface area contributed by atoms with Gasteiger partial charge in [0.25, 0.3) is 5.91 Å². The lowest BCUT2D eigenvalue weighted by Crippen LogP contribution is -2.43. The minimum absolute atomic E-state index is 0.208. The molecule has 1 aliphatic carbocycles. The minimum Gasteiger partial charge on any atom is -0.364 e. The Balaban J connectivity index is 1.90. The van der Waals surface area contributed by atoms with Crippen molar-refractivity contribution in [2.45, 2.75) is 31.2 Å². The lowest BCUT2D eigenvalue weighted by molar-refractivity contribution is 0.0889. The average molecular weight is 291 g/mol. The summed E-state index contributed by atoms with van der Waals surface area (Å²) in [5.74, 6) is -0.208. The molecule has 1 aromatic heterocycles. The summed E-state index contributed by atoms with van der Waals surface area (Å²) in [6, 6.07) is 9.26. The number of aromatic nitrogens is 1. The molecular formula is C15H15ClN2O2. The Morgan fingerprint density at radius 3 is 2.75 bits per heavy atom. The smallest absolute Gasteiger partial charge is 0.274 e. The van der Waals surface area contributed by atoms with E-state index in [4.69, 9.17) is 16.1 Å². The van der Waals surface area contributed by atoms with Gasteiger partial charge in [-0.25, -0.2) is 0 Å². The van der Waals surface area contributed by atoms with Crippen LogP contribution in [0.15, 0.2) is 41.1 Å². The zero-order valence-electron chi connectivity index (χ0n) is 10.9. The molecule has 0 saturated heterocycles. The summed E-state index contributed by atoms with van der Waals surface area (Å²) in [4.78, 5) is 12.3. The van der Waals surface area contributed by atoms with Gasteiger partial charge in [0.15, 0.2) is 5.69 Å². The Morgan fingerprint density at radius 1 is 1.30 bits per heavy atom. The fraction of sp³-hybridized carbons (Fsp3) is 0.333. The van der Waals surface area contributed by atoms with E-state index in [9.17, 15) is 4.79 Å². The molecule has 2 aromatic rings. The van der Waals surface area contributed by atoms with Gasteiger partial charge in [-0.15, -0.1) is 0 Å². The number of hydrogen-bond acceptors (Lipinski definition) is 3. The summed E-state index contributed by atoms with van der Waals surface area (Å²) in [5.41, 5.74) is 1.01. The van der Waals surface area contributed by atoms with Crippen LogP contribution in [0.2, 0.25) is 5.02 Å². The molecule has 0 radical (unpaired) electrons. The van der Waals surface area contributed by atoms with E-state index in [1.807, 2.05) is 24.3 Å². The molecule has 1 heterocycles. The van der Waals surface area contributed by atoms with Crippen molar-refractivity contribution in [3.8, 4) is 0 Å². The predicted octanol–water partition coefficient (Wildman–Crippen LogP) is 3.53.